The first-order valence-electron chi connectivity index (χ1n) is 9.38. The first kappa shape index (κ1) is 15.8. The third kappa shape index (κ3) is 3.64. The van der Waals surface area contributed by atoms with Crippen LogP contribution in [0.2, 0.25) is 0 Å². The summed E-state index contributed by atoms with van der Waals surface area (Å²) in [6, 6.07) is 0. The molecule has 122 valence electrons. The summed E-state index contributed by atoms with van der Waals surface area (Å²) in [6.07, 6.45) is 13.3. The molecule has 3 aliphatic rings. The summed E-state index contributed by atoms with van der Waals surface area (Å²) in [5, 5.41) is 3.85. The van der Waals surface area contributed by atoms with Crippen LogP contribution in [0.5, 0.6) is 0 Å². The second-order valence-corrected chi connectivity index (χ2v) is 8.90. The largest absolute Gasteiger partial charge is 0.377 e. The summed E-state index contributed by atoms with van der Waals surface area (Å²) < 4.78 is 6.31. The molecule has 1 aliphatic heterocycles. The average molecular weight is 293 g/mol. The highest BCUT2D eigenvalue weighted by Gasteiger charge is 2.54. The van der Waals surface area contributed by atoms with Crippen LogP contribution in [0, 0.1) is 17.3 Å². The van der Waals surface area contributed by atoms with Gasteiger partial charge in [0.25, 0.3) is 0 Å². The van der Waals surface area contributed by atoms with Gasteiger partial charge in [0.15, 0.2) is 0 Å². The first-order chi connectivity index (χ1) is 10.0. The fourth-order valence-corrected chi connectivity index (χ4v) is 4.74. The van der Waals surface area contributed by atoms with E-state index in [1.54, 1.807) is 0 Å². The molecule has 3 fully saturated rings. The van der Waals surface area contributed by atoms with Gasteiger partial charge in [-0.05, 0) is 64.7 Å². The SMILES string of the molecule is CC(C)(C)NCC1(C2CCCCCC2)CCOC1C1CC1. The lowest BCUT2D eigenvalue weighted by Crippen LogP contribution is -2.51. The Balaban J connectivity index is 1.78. The molecule has 1 N–H and O–H groups in total. The van der Waals surface area contributed by atoms with Crippen molar-refractivity contribution in [3.05, 3.63) is 0 Å². The Labute approximate surface area is 131 Å². The van der Waals surface area contributed by atoms with Gasteiger partial charge in [-0.3, -0.25) is 0 Å². The Morgan fingerprint density at radius 2 is 1.67 bits per heavy atom. The molecule has 0 aromatic rings. The third-order valence-corrected chi connectivity index (χ3v) is 6.10. The van der Waals surface area contributed by atoms with Crippen molar-refractivity contribution in [1.82, 2.24) is 5.32 Å². The van der Waals surface area contributed by atoms with Gasteiger partial charge in [-0.1, -0.05) is 25.7 Å². The van der Waals surface area contributed by atoms with Crippen LogP contribution in [-0.4, -0.2) is 24.8 Å². The van der Waals surface area contributed by atoms with Crippen molar-refractivity contribution in [3.63, 3.8) is 0 Å². The van der Waals surface area contributed by atoms with Crippen molar-refractivity contribution in [2.24, 2.45) is 17.3 Å². The summed E-state index contributed by atoms with van der Waals surface area (Å²) in [5.41, 5.74) is 0.646. The van der Waals surface area contributed by atoms with Crippen LogP contribution in [0.4, 0.5) is 0 Å². The molecule has 2 atom stereocenters. The van der Waals surface area contributed by atoms with Crippen LogP contribution in [0.1, 0.15) is 78.6 Å². The van der Waals surface area contributed by atoms with Crippen molar-refractivity contribution >= 4 is 0 Å². The highest BCUT2D eigenvalue weighted by Crippen LogP contribution is 2.54. The molecular formula is C19H35NO. The molecule has 1 heterocycles. The molecular weight excluding hydrogens is 258 g/mol. The minimum atomic E-state index is 0.217. The molecule has 2 saturated carbocycles. The smallest absolute Gasteiger partial charge is 0.0675 e. The zero-order valence-electron chi connectivity index (χ0n) is 14.4. The van der Waals surface area contributed by atoms with Gasteiger partial charge in [0, 0.05) is 24.1 Å². The van der Waals surface area contributed by atoms with Crippen LogP contribution in [0.25, 0.3) is 0 Å². The lowest BCUT2D eigenvalue weighted by Gasteiger charge is -2.43. The predicted molar refractivity (Wildman–Crippen MR) is 88.5 cm³/mol. The van der Waals surface area contributed by atoms with Gasteiger partial charge >= 0.3 is 0 Å². The van der Waals surface area contributed by atoms with E-state index in [9.17, 15) is 0 Å². The lowest BCUT2D eigenvalue weighted by molar-refractivity contribution is -0.00827. The summed E-state index contributed by atoms with van der Waals surface area (Å²) in [6.45, 7) is 9.08. The minimum absolute atomic E-state index is 0.217. The Morgan fingerprint density at radius 3 is 2.24 bits per heavy atom. The zero-order valence-corrected chi connectivity index (χ0v) is 14.4. The Kier molecular flexibility index (Phi) is 4.66. The third-order valence-electron chi connectivity index (χ3n) is 6.10. The van der Waals surface area contributed by atoms with Gasteiger partial charge in [-0.15, -0.1) is 0 Å². The van der Waals surface area contributed by atoms with E-state index in [0.717, 1.165) is 18.4 Å². The molecule has 0 spiro atoms. The second-order valence-electron chi connectivity index (χ2n) is 8.90. The molecule has 2 heteroatoms. The maximum absolute atomic E-state index is 6.31. The molecule has 0 aromatic heterocycles. The van der Waals surface area contributed by atoms with Crippen molar-refractivity contribution in [2.45, 2.75) is 90.2 Å². The van der Waals surface area contributed by atoms with Crippen LogP contribution in [0.15, 0.2) is 0 Å². The van der Waals surface area contributed by atoms with E-state index < -0.39 is 0 Å². The standard InChI is InChI=1S/C19H35NO/c1-18(2,3)20-14-19(16-8-6-4-5-7-9-16)12-13-21-17(19)15-10-11-15/h15-17,20H,4-14H2,1-3H3. The number of hydrogen-bond donors (Lipinski definition) is 1. The highest BCUT2D eigenvalue weighted by molar-refractivity contribution is 5.04. The van der Waals surface area contributed by atoms with E-state index in [0.29, 0.717) is 11.5 Å². The molecule has 21 heavy (non-hydrogen) atoms. The van der Waals surface area contributed by atoms with Crippen LogP contribution in [0.3, 0.4) is 0 Å². The number of ether oxygens (including phenoxy) is 1. The lowest BCUT2D eigenvalue weighted by atomic mass is 9.65. The summed E-state index contributed by atoms with van der Waals surface area (Å²) in [7, 11) is 0. The Morgan fingerprint density at radius 1 is 1.00 bits per heavy atom. The molecule has 0 aromatic carbocycles. The minimum Gasteiger partial charge on any atom is -0.377 e. The Bertz CT molecular complexity index is 336. The molecule has 0 radical (unpaired) electrons. The van der Waals surface area contributed by atoms with Crippen LogP contribution < -0.4 is 5.32 Å². The number of rotatable bonds is 4. The van der Waals surface area contributed by atoms with Gasteiger partial charge in [0.05, 0.1) is 6.10 Å². The van der Waals surface area contributed by atoms with Gasteiger partial charge in [-0.25, -0.2) is 0 Å². The molecule has 3 rings (SSSR count). The summed E-state index contributed by atoms with van der Waals surface area (Å²) in [4.78, 5) is 0. The maximum Gasteiger partial charge on any atom is 0.0675 e. The zero-order chi connectivity index (χ0) is 14.9. The van der Waals surface area contributed by atoms with E-state index in [-0.39, 0.29) is 5.54 Å². The predicted octanol–water partition coefficient (Wildman–Crippen LogP) is 4.53. The molecule has 0 bridgehead atoms. The molecule has 2 unspecified atom stereocenters. The van der Waals surface area contributed by atoms with E-state index in [1.807, 2.05) is 0 Å². The van der Waals surface area contributed by atoms with Crippen molar-refractivity contribution in [3.8, 4) is 0 Å². The molecule has 2 aliphatic carbocycles. The summed E-state index contributed by atoms with van der Waals surface area (Å²) in [5.74, 6) is 1.76. The topological polar surface area (TPSA) is 21.3 Å². The summed E-state index contributed by atoms with van der Waals surface area (Å²) >= 11 is 0. The fourth-order valence-electron chi connectivity index (χ4n) is 4.74. The van der Waals surface area contributed by atoms with Gasteiger partial charge in [-0.2, -0.15) is 0 Å². The quantitative estimate of drug-likeness (QED) is 0.769. The molecule has 2 nitrogen and oxygen atoms in total. The molecule has 0 amide bonds. The van der Waals surface area contributed by atoms with E-state index in [2.05, 4.69) is 26.1 Å². The Hall–Kier alpha value is -0.0800. The highest BCUT2D eigenvalue weighted by atomic mass is 16.5. The van der Waals surface area contributed by atoms with Crippen molar-refractivity contribution < 1.29 is 4.74 Å². The van der Waals surface area contributed by atoms with E-state index >= 15 is 0 Å². The average Bonchev–Trinajstić information content (AvgIpc) is 3.21. The van der Waals surface area contributed by atoms with Gasteiger partial charge in [0.1, 0.15) is 0 Å². The molecule has 1 saturated heterocycles. The van der Waals surface area contributed by atoms with Crippen LogP contribution >= 0.6 is 0 Å². The van der Waals surface area contributed by atoms with Crippen LogP contribution in [-0.2, 0) is 4.74 Å². The monoisotopic (exact) mass is 293 g/mol. The normalized spacial score (nSPS) is 35.9. The maximum atomic E-state index is 6.31. The number of hydrogen-bond acceptors (Lipinski definition) is 2. The van der Waals surface area contributed by atoms with E-state index in [1.165, 1.54) is 64.3 Å². The first-order valence-corrected chi connectivity index (χ1v) is 9.38. The van der Waals surface area contributed by atoms with E-state index in [4.69, 9.17) is 4.74 Å². The van der Waals surface area contributed by atoms with Gasteiger partial charge < -0.3 is 10.1 Å². The van der Waals surface area contributed by atoms with Crippen molar-refractivity contribution in [1.29, 1.82) is 0 Å². The van der Waals surface area contributed by atoms with Gasteiger partial charge in [0.2, 0.25) is 0 Å². The number of nitrogens with one attached hydrogen (secondary N) is 1. The fraction of sp³-hybridized carbons (Fsp3) is 1.00. The van der Waals surface area contributed by atoms with Crippen molar-refractivity contribution in [2.75, 3.05) is 13.2 Å². The second kappa shape index (κ2) is 6.20.